The number of aromatic nitrogens is 3. The number of hydrogen-bond donors (Lipinski definition) is 2. The number of ether oxygens (including phenoxy) is 2. The molecule has 0 saturated carbocycles. The third-order valence-electron chi connectivity index (χ3n) is 6.71. The second kappa shape index (κ2) is 12.3. The molecule has 5 rings (SSSR count). The van der Waals surface area contributed by atoms with Crippen LogP contribution in [0.3, 0.4) is 0 Å². The topological polar surface area (TPSA) is 119 Å². The maximum atomic E-state index is 11.8. The molecule has 0 radical (unpaired) electrons. The quantitative estimate of drug-likeness (QED) is 0.383. The van der Waals surface area contributed by atoms with Gasteiger partial charge in [-0.05, 0) is 73.5 Å². The molecule has 0 aliphatic carbocycles. The van der Waals surface area contributed by atoms with Crippen molar-refractivity contribution in [2.45, 2.75) is 19.4 Å². The van der Waals surface area contributed by atoms with Gasteiger partial charge in [0.25, 0.3) is 11.1 Å². The fourth-order valence-corrected chi connectivity index (χ4v) is 5.30. The number of amides is 2. The minimum absolute atomic E-state index is 0.345. The smallest absolute Gasteiger partial charge is 0.290 e. The standard InChI is InChI=1S/C28H30N6O4S/c1-37-21-6-7-22(24(15-21)38-2)23-5-3-4-20(31-23)17-29-16-18-9-12-34(13-10-18)27-30-11-8-19(32-27)14-25-26(35)33-28(36)39-25/h3-8,11,14-15,18,29H,9-10,12-13,16-17H2,1-2H3,(H,33,35,36)/b25-14-. The van der Waals surface area contributed by atoms with Gasteiger partial charge in [0.05, 0.1) is 36.2 Å². The van der Waals surface area contributed by atoms with Gasteiger partial charge in [-0.25, -0.2) is 9.97 Å². The Labute approximate surface area is 231 Å². The Balaban J connectivity index is 1.13. The minimum atomic E-state index is -0.388. The van der Waals surface area contributed by atoms with Crippen LogP contribution in [0.25, 0.3) is 17.3 Å². The van der Waals surface area contributed by atoms with Crippen molar-refractivity contribution in [1.82, 2.24) is 25.6 Å². The average molecular weight is 547 g/mol. The fourth-order valence-electron chi connectivity index (χ4n) is 4.63. The highest BCUT2D eigenvalue weighted by Crippen LogP contribution is 2.32. The average Bonchev–Trinajstić information content (AvgIpc) is 3.29. The number of anilines is 1. The van der Waals surface area contributed by atoms with Crippen molar-refractivity contribution < 1.29 is 19.1 Å². The summed E-state index contributed by atoms with van der Waals surface area (Å²) < 4.78 is 10.9. The first-order valence-corrected chi connectivity index (χ1v) is 13.6. The number of carbonyl (C=O) groups excluding carboxylic acids is 2. The molecule has 0 atom stereocenters. The molecule has 4 heterocycles. The van der Waals surface area contributed by atoms with Gasteiger partial charge >= 0.3 is 0 Å². The zero-order chi connectivity index (χ0) is 27.2. The molecule has 2 aromatic heterocycles. The number of nitrogens with zero attached hydrogens (tertiary/aromatic N) is 4. The summed E-state index contributed by atoms with van der Waals surface area (Å²) in [7, 11) is 3.28. The second-order valence-electron chi connectivity index (χ2n) is 9.28. The molecule has 0 spiro atoms. The van der Waals surface area contributed by atoms with E-state index in [2.05, 4.69) is 25.5 Å². The van der Waals surface area contributed by atoms with Crippen molar-refractivity contribution >= 4 is 34.9 Å². The highest BCUT2D eigenvalue weighted by Gasteiger charge is 2.26. The summed E-state index contributed by atoms with van der Waals surface area (Å²) in [5, 5.41) is 5.47. The molecule has 39 heavy (non-hydrogen) atoms. The molecule has 0 unspecified atom stereocenters. The van der Waals surface area contributed by atoms with Crippen molar-refractivity contribution in [1.29, 1.82) is 0 Å². The number of carbonyl (C=O) groups is 2. The third kappa shape index (κ3) is 6.55. The van der Waals surface area contributed by atoms with E-state index in [1.807, 2.05) is 36.4 Å². The lowest BCUT2D eigenvalue weighted by atomic mass is 9.97. The summed E-state index contributed by atoms with van der Waals surface area (Å²) in [6.07, 6.45) is 5.35. The van der Waals surface area contributed by atoms with E-state index in [0.717, 1.165) is 72.7 Å². The lowest BCUT2D eigenvalue weighted by molar-refractivity contribution is -0.115. The van der Waals surface area contributed by atoms with Crippen LogP contribution in [-0.2, 0) is 11.3 Å². The fraction of sp³-hybridized carbons (Fsp3) is 0.321. The van der Waals surface area contributed by atoms with E-state index in [4.69, 9.17) is 14.5 Å². The van der Waals surface area contributed by atoms with Crippen LogP contribution in [-0.4, -0.2) is 60.0 Å². The number of thioether (sulfide) groups is 1. The Morgan fingerprint density at radius 2 is 1.95 bits per heavy atom. The van der Waals surface area contributed by atoms with Crippen LogP contribution in [0.4, 0.5) is 10.7 Å². The summed E-state index contributed by atoms with van der Waals surface area (Å²) in [4.78, 5) is 39.6. The number of piperidine rings is 1. The Hall–Kier alpha value is -3.96. The molecule has 2 aliphatic rings. The van der Waals surface area contributed by atoms with E-state index >= 15 is 0 Å². The largest absolute Gasteiger partial charge is 0.497 e. The van der Waals surface area contributed by atoms with Gasteiger partial charge in [0.15, 0.2) is 0 Å². The maximum Gasteiger partial charge on any atom is 0.290 e. The molecule has 2 N–H and O–H groups in total. The van der Waals surface area contributed by atoms with Crippen LogP contribution in [0.1, 0.15) is 24.2 Å². The lowest BCUT2D eigenvalue weighted by Crippen LogP contribution is -2.38. The lowest BCUT2D eigenvalue weighted by Gasteiger charge is -2.32. The van der Waals surface area contributed by atoms with Crippen LogP contribution in [0.5, 0.6) is 11.5 Å². The molecule has 202 valence electrons. The molecule has 10 nitrogen and oxygen atoms in total. The number of rotatable bonds is 9. The van der Waals surface area contributed by atoms with Crippen LogP contribution in [0.2, 0.25) is 0 Å². The van der Waals surface area contributed by atoms with Crippen LogP contribution in [0.15, 0.2) is 53.6 Å². The molecule has 2 fully saturated rings. The van der Waals surface area contributed by atoms with Crippen molar-refractivity contribution in [3.8, 4) is 22.8 Å². The summed E-state index contributed by atoms with van der Waals surface area (Å²) in [6, 6.07) is 13.5. The van der Waals surface area contributed by atoms with E-state index in [9.17, 15) is 9.59 Å². The molecule has 3 aromatic rings. The van der Waals surface area contributed by atoms with E-state index < -0.39 is 0 Å². The summed E-state index contributed by atoms with van der Waals surface area (Å²) in [5.41, 5.74) is 3.36. The van der Waals surface area contributed by atoms with Crippen molar-refractivity contribution in [3.63, 3.8) is 0 Å². The maximum absolute atomic E-state index is 11.8. The Morgan fingerprint density at radius 1 is 1.10 bits per heavy atom. The van der Waals surface area contributed by atoms with Crippen molar-refractivity contribution in [2.75, 3.05) is 38.8 Å². The van der Waals surface area contributed by atoms with E-state index in [1.165, 1.54) is 0 Å². The van der Waals surface area contributed by atoms with Gasteiger partial charge in [0.1, 0.15) is 11.5 Å². The van der Waals surface area contributed by atoms with E-state index in [1.54, 1.807) is 32.6 Å². The molecule has 11 heteroatoms. The first kappa shape index (κ1) is 26.6. The molecule has 2 saturated heterocycles. The zero-order valence-electron chi connectivity index (χ0n) is 21.8. The second-order valence-corrected chi connectivity index (χ2v) is 10.3. The molecule has 1 aromatic carbocycles. The first-order valence-electron chi connectivity index (χ1n) is 12.7. The molecular weight excluding hydrogens is 516 g/mol. The monoisotopic (exact) mass is 546 g/mol. The van der Waals surface area contributed by atoms with Gasteiger partial charge in [0.2, 0.25) is 5.95 Å². The first-order chi connectivity index (χ1) is 19.0. The van der Waals surface area contributed by atoms with Gasteiger partial charge in [-0.3, -0.25) is 19.9 Å². The van der Waals surface area contributed by atoms with E-state index in [-0.39, 0.29) is 11.1 Å². The number of benzene rings is 1. The van der Waals surface area contributed by atoms with Crippen LogP contribution < -0.4 is 25.0 Å². The number of imide groups is 1. The SMILES string of the molecule is COc1ccc(-c2cccc(CNCC3CCN(c4nccc(/C=C5\SC(=O)NC5=O)n4)CC3)n2)c(OC)c1. The Morgan fingerprint density at radius 3 is 2.69 bits per heavy atom. The summed E-state index contributed by atoms with van der Waals surface area (Å²) in [5.74, 6) is 2.26. The predicted octanol–water partition coefficient (Wildman–Crippen LogP) is 3.89. The molecule has 2 amide bonds. The van der Waals surface area contributed by atoms with E-state index in [0.29, 0.717) is 29.0 Å². The van der Waals surface area contributed by atoms with Crippen LogP contribution >= 0.6 is 11.8 Å². The Bertz CT molecular complexity index is 1390. The highest BCUT2D eigenvalue weighted by molar-refractivity contribution is 8.18. The normalized spacial score (nSPS) is 17.0. The third-order valence-corrected chi connectivity index (χ3v) is 7.52. The van der Waals surface area contributed by atoms with Crippen LogP contribution in [0, 0.1) is 5.92 Å². The number of hydrogen-bond acceptors (Lipinski definition) is 10. The van der Waals surface area contributed by atoms with Gasteiger partial charge in [-0.2, -0.15) is 0 Å². The summed E-state index contributed by atoms with van der Waals surface area (Å²) >= 11 is 0.884. The van der Waals surface area contributed by atoms with Gasteiger partial charge in [0, 0.05) is 37.5 Å². The molecular formula is C28H30N6O4S. The number of nitrogens with one attached hydrogen (secondary N) is 2. The van der Waals surface area contributed by atoms with Crippen molar-refractivity contribution in [3.05, 3.63) is 65.0 Å². The minimum Gasteiger partial charge on any atom is -0.497 e. The van der Waals surface area contributed by atoms with Crippen molar-refractivity contribution in [2.24, 2.45) is 5.92 Å². The Kier molecular flexibility index (Phi) is 8.38. The van der Waals surface area contributed by atoms with Gasteiger partial charge in [-0.15, -0.1) is 0 Å². The summed E-state index contributed by atoms with van der Waals surface area (Å²) in [6.45, 7) is 3.29. The molecule has 2 aliphatic heterocycles. The molecule has 0 bridgehead atoms. The van der Waals surface area contributed by atoms with Gasteiger partial charge < -0.3 is 19.7 Å². The number of pyridine rings is 1. The zero-order valence-corrected chi connectivity index (χ0v) is 22.7. The highest BCUT2D eigenvalue weighted by atomic mass is 32.2. The van der Waals surface area contributed by atoms with Gasteiger partial charge in [-0.1, -0.05) is 6.07 Å². The number of methoxy groups -OCH3 is 2. The predicted molar refractivity (Wildman–Crippen MR) is 151 cm³/mol.